The number of alkyl halides is 1. The van der Waals surface area contributed by atoms with Gasteiger partial charge in [0.15, 0.2) is 0 Å². The topological polar surface area (TPSA) is 57.1 Å². The molecule has 0 fully saturated rings. The first-order chi connectivity index (χ1) is 8.06. The highest BCUT2D eigenvalue weighted by atomic mass is 35.5. The summed E-state index contributed by atoms with van der Waals surface area (Å²) < 4.78 is 12.0. The molecule has 104 valence electrons. The number of aromatic hydroxyl groups is 1. The molecular formula is C13H21ClFNO2. The lowest BCUT2D eigenvalue weighted by molar-refractivity contribution is -0.694. The molecule has 0 heterocycles. The molecule has 0 aromatic heterocycles. The zero-order chi connectivity index (χ0) is 12.8. The summed E-state index contributed by atoms with van der Waals surface area (Å²) in [5.41, 5.74) is 1.68. The number of aryl methyl sites for hydroxylation is 1. The van der Waals surface area contributed by atoms with Crippen molar-refractivity contribution in [3.05, 3.63) is 29.3 Å². The third-order valence-electron chi connectivity index (χ3n) is 2.95. The summed E-state index contributed by atoms with van der Waals surface area (Å²) in [5, 5.41) is 21.4. The molecular weight excluding hydrogens is 257 g/mol. The van der Waals surface area contributed by atoms with Gasteiger partial charge in [0, 0.05) is 6.42 Å². The number of phenols is 1. The van der Waals surface area contributed by atoms with Crippen LogP contribution in [0.15, 0.2) is 18.2 Å². The normalized spacial score (nSPS) is 13.8. The Morgan fingerprint density at radius 3 is 2.61 bits per heavy atom. The van der Waals surface area contributed by atoms with E-state index in [2.05, 4.69) is 0 Å². The summed E-state index contributed by atoms with van der Waals surface area (Å²) in [6.45, 7) is 4.12. The van der Waals surface area contributed by atoms with Crippen LogP contribution in [0.25, 0.3) is 0 Å². The van der Waals surface area contributed by atoms with Crippen molar-refractivity contribution in [1.82, 2.24) is 0 Å². The van der Waals surface area contributed by atoms with Gasteiger partial charge in [0.1, 0.15) is 17.9 Å². The van der Waals surface area contributed by atoms with Crippen LogP contribution in [-0.4, -0.2) is 29.5 Å². The molecule has 1 rings (SSSR count). The fourth-order valence-corrected chi connectivity index (χ4v) is 1.86. The van der Waals surface area contributed by atoms with Gasteiger partial charge in [-0.3, -0.25) is 4.39 Å². The SMILES string of the molecule is Cc1cc(O)ccc1C(O)C(C)[NH2+]CCCF.[Cl-]. The van der Waals surface area contributed by atoms with E-state index >= 15 is 0 Å². The standard InChI is InChI=1S/C13H20FNO2.ClH/c1-9-8-11(16)4-5-12(9)13(17)10(2)15-7-3-6-14;/h4-5,8,10,13,15-17H,3,6-7H2,1-2H3;1H. The minimum Gasteiger partial charge on any atom is -1.00 e. The molecule has 18 heavy (non-hydrogen) atoms. The van der Waals surface area contributed by atoms with E-state index in [1.807, 2.05) is 19.2 Å². The second kappa shape index (κ2) is 8.29. The first-order valence-electron chi connectivity index (χ1n) is 5.93. The highest BCUT2D eigenvalue weighted by Gasteiger charge is 2.20. The maximum absolute atomic E-state index is 12.0. The van der Waals surface area contributed by atoms with E-state index in [1.54, 1.807) is 18.2 Å². The molecule has 1 aromatic rings. The molecule has 0 aliphatic carbocycles. The maximum atomic E-state index is 12.0. The van der Waals surface area contributed by atoms with E-state index < -0.39 is 6.10 Å². The van der Waals surface area contributed by atoms with Crippen LogP contribution >= 0.6 is 0 Å². The van der Waals surface area contributed by atoms with Crippen molar-refractivity contribution in [3.8, 4) is 5.75 Å². The number of aliphatic hydroxyl groups is 1. The van der Waals surface area contributed by atoms with Gasteiger partial charge in [-0.05, 0) is 37.1 Å². The first-order valence-corrected chi connectivity index (χ1v) is 5.93. The number of phenolic OH excluding ortho intramolecular Hbond substituents is 1. The number of benzene rings is 1. The quantitative estimate of drug-likeness (QED) is 0.530. The van der Waals surface area contributed by atoms with Crippen LogP contribution in [0.3, 0.4) is 0 Å². The summed E-state index contributed by atoms with van der Waals surface area (Å²) >= 11 is 0. The van der Waals surface area contributed by atoms with Crippen LogP contribution in [-0.2, 0) is 0 Å². The Kier molecular flexibility index (Phi) is 7.91. The summed E-state index contributed by atoms with van der Waals surface area (Å²) in [7, 11) is 0. The molecule has 0 aliphatic heterocycles. The van der Waals surface area contributed by atoms with E-state index in [9.17, 15) is 14.6 Å². The smallest absolute Gasteiger partial charge is 0.131 e. The van der Waals surface area contributed by atoms with Gasteiger partial charge >= 0.3 is 0 Å². The third-order valence-corrected chi connectivity index (χ3v) is 2.95. The zero-order valence-corrected chi connectivity index (χ0v) is 11.5. The van der Waals surface area contributed by atoms with Gasteiger partial charge in [0.2, 0.25) is 0 Å². The van der Waals surface area contributed by atoms with E-state index in [0.29, 0.717) is 13.0 Å². The lowest BCUT2D eigenvalue weighted by atomic mass is 9.98. The summed E-state index contributed by atoms with van der Waals surface area (Å²) in [4.78, 5) is 0. The number of rotatable bonds is 6. The van der Waals surface area contributed by atoms with Crippen molar-refractivity contribution in [2.45, 2.75) is 32.4 Å². The Bertz CT molecular complexity index is 363. The van der Waals surface area contributed by atoms with Crippen molar-refractivity contribution in [2.24, 2.45) is 0 Å². The summed E-state index contributed by atoms with van der Waals surface area (Å²) in [6, 6.07) is 4.91. The number of aliphatic hydroxyl groups excluding tert-OH is 1. The molecule has 0 radical (unpaired) electrons. The lowest BCUT2D eigenvalue weighted by Gasteiger charge is -2.19. The van der Waals surface area contributed by atoms with E-state index in [0.717, 1.165) is 11.1 Å². The number of nitrogens with two attached hydrogens (primary N) is 1. The monoisotopic (exact) mass is 277 g/mol. The Hall–Kier alpha value is -0.840. The number of hydrogen-bond donors (Lipinski definition) is 3. The minimum atomic E-state index is -0.602. The largest absolute Gasteiger partial charge is 1.00 e. The Morgan fingerprint density at radius 1 is 1.39 bits per heavy atom. The van der Waals surface area contributed by atoms with Gasteiger partial charge in [0.05, 0.1) is 13.2 Å². The third kappa shape index (κ3) is 4.80. The second-order valence-corrected chi connectivity index (χ2v) is 4.41. The van der Waals surface area contributed by atoms with Crippen LogP contribution in [0.1, 0.15) is 30.6 Å². The van der Waals surface area contributed by atoms with Gasteiger partial charge in [-0.1, -0.05) is 6.07 Å². The second-order valence-electron chi connectivity index (χ2n) is 4.41. The molecule has 4 N–H and O–H groups in total. The van der Waals surface area contributed by atoms with Gasteiger partial charge < -0.3 is 27.9 Å². The summed E-state index contributed by atoms with van der Waals surface area (Å²) in [6.07, 6.45) is -0.0961. The number of hydrogen-bond acceptors (Lipinski definition) is 2. The van der Waals surface area contributed by atoms with Crippen molar-refractivity contribution in [3.63, 3.8) is 0 Å². The molecule has 2 atom stereocenters. The molecule has 0 aliphatic rings. The predicted octanol–water partition coefficient (Wildman–Crippen LogP) is -1.95. The molecule has 1 aromatic carbocycles. The van der Waals surface area contributed by atoms with E-state index in [1.165, 1.54) is 0 Å². The highest BCUT2D eigenvalue weighted by Crippen LogP contribution is 2.22. The number of quaternary nitrogens is 1. The highest BCUT2D eigenvalue weighted by molar-refractivity contribution is 5.35. The van der Waals surface area contributed by atoms with Crippen LogP contribution in [0, 0.1) is 6.92 Å². The summed E-state index contributed by atoms with van der Waals surface area (Å²) in [5.74, 6) is 0.201. The molecule has 2 unspecified atom stereocenters. The first kappa shape index (κ1) is 17.2. The minimum absolute atomic E-state index is 0. The molecule has 0 saturated heterocycles. The Labute approximate surface area is 113 Å². The van der Waals surface area contributed by atoms with E-state index in [4.69, 9.17) is 0 Å². The van der Waals surface area contributed by atoms with Crippen LogP contribution in [0.5, 0.6) is 5.75 Å². The van der Waals surface area contributed by atoms with E-state index in [-0.39, 0.29) is 30.9 Å². The van der Waals surface area contributed by atoms with Crippen molar-refractivity contribution in [2.75, 3.05) is 13.2 Å². The molecule has 0 saturated carbocycles. The fraction of sp³-hybridized carbons (Fsp3) is 0.538. The number of halogens is 2. The lowest BCUT2D eigenvalue weighted by Crippen LogP contribution is -3.00. The molecule has 3 nitrogen and oxygen atoms in total. The molecule has 5 heteroatoms. The van der Waals surface area contributed by atoms with Crippen molar-refractivity contribution in [1.29, 1.82) is 0 Å². The van der Waals surface area contributed by atoms with Crippen LogP contribution in [0.4, 0.5) is 4.39 Å². The fourth-order valence-electron chi connectivity index (χ4n) is 1.86. The van der Waals surface area contributed by atoms with Crippen LogP contribution < -0.4 is 17.7 Å². The van der Waals surface area contributed by atoms with Crippen molar-refractivity contribution >= 4 is 0 Å². The van der Waals surface area contributed by atoms with Gasteiger partial charge in [0.25, 0.3) is 0 Å². The molecule has 0 amide bonds. The van der Waals surface area contributed by atoms with Crippen LogP contribution in [0.2, 0.25) is 0 Å². The molecule has 0 spiro atoms. The molecule has 0 bridgehead atoms. The van der Waals surface area contributed by atoms with Gasteiger partial charge in [-0.2, -0.15) is 0 Å². The van der Waals surface area contributed by atoms with Gasteiger partial charge in [-0.15, -0.1) is 0 Å². The Morgan fingerprint density at radius 2 is 2.06 bits per heavy atom. The Balaban J connectivity index is 0.00000289. The maximum Gasteiger partial charge on any atom is 0.131 e. The average molecular weight is 278 g/mol. The van der Waals surface area contributed by atoms with Gasteiger partial charge in [-0.25, -0.2) is 0 Å². The predicted molar refractivity (Wildman–Crippen MR) is 64.7 cm³/mol. The van der Waals surface area contributed by atoms with Crippen molar-refractivity contribution < 1.29 is 32.3 Å². The zero-order valence-electron chi connectivity index (χ0n) is 10.7. The average Bonchev–Trinajstić information content (AvgIpc) is 2.28.